The zero-order chi connectivity index (χ0) is 20.1. The Morgan fingerprint density at radius 3 is 2.21 bits per heavy atom. The average Bonchev–Trinajstić information content (AvgIpc) is 2.67. The normalized spacial score (nSPS) is 19.2. The van der Waals surface area contributed by atoms with Crippen molar-refractivity contribution in [3.05, 3.63) is 53.1 Å². The van der Waals surface area contributed by atoms with Crippen LogP contribution >= 0.6 is 11.6 Å². The minimum Gasteiger partial charge on any atom is -0.504 e. The number of piperazine rings is 1. The molecule has 0 unspecified atom stereocenters. The zero-order valence-corrected chi connectivity index (χ0v) is 16.1. The number of Topliss-reactive ketones (excluding diaryl/α,β-unsaturated/α-hetero) is 1. The Kier molecular flexibility index (Phi) is 6.51. The van der Waals surface area contributed by atoms with Crippen LogP contribution in [-0.4, -0.2) is 61.2 Å². The SMILES string of the molecule is O=C(C[NH+]1CC[NH+](CC(=O)c2ccc(O)c(O)c2)CC1)Nc1ccccc1Cl. The number of ketones is 1. The molecule has 1 fully saturated rings. The van der Waals surface area contributed by atoms with E-state index >= 15 is 0 Å². The molecule has 28 heavy (non-hydrogen) atoms. The molecule has 7 nitrogen and oxygen atoms in total. The van der Waals surface area contributed by atoms with Gasteiger partial charge in [-0.25, -0.2) is 0 Å². The molecule has 8 heteroatoms. The minimum absolute atomic E-state index is 0.0785. The Labute approximate surface area is 168 Å². The fourth-order valence-corrected chi connectivity index (χ4v) is 3.50. The predicted molar refractivity (Wildman–Crippen MR) is 105 cm³/mol. The van der Waals surface area contributed by atoms with Gasteiger partial charge in [-0.1, -0.05) is 23.7 Å². The second-order valence-electron chi connectivity index (χ2n) is 7.01. The van der Waals surface area contributed by atoms with Gasteiger partial charge < -0.3 is 25.3 Å². The molecular formula is C20H24ClN3O4+2. The maximum Gasteiger partial charge on any atom is 0.279 e. The largest absolute Gasteiger partial charge is 0.504 e. The van der Waals surface area contributed by atoms with E-state index in [1.165, 1.54) is 23.1 Å². The predicted octanol–water partition coefficient (Wildman–Crippen LogP) is -0.644. The van der Waals surface area contributed by atoms with Gasteiger partial charge >= 0.3 is 0 Å². The summed E-state index contributed by atoms with van der Waals surface area (Å²) in [5.41, 5.74) is 0.997. The van der Waals surface area contributed by atoms with Gasteiger partial charge in [-0.15, -0.1) is 0 Å². The second kappa shape index (κ2) is 9.05. The van der Waals surface area contributed by atoms with E-state index in [4.69, 9.17) is 11.6 Å². The van der Waals surface area contributed by atoms with Crippen LogP contribution in [0.1, 0.15) is 10.4 Å². The highest BCUT2D eigenvalue weighted by molar-refractivity contribution is 6.33. The van der Waals surface area contributed by atoms with E-state index in [0.717, 1.165) is 31.1 Å². The Morgan fingerprint density at radius 2 is 1.57 bits per heavy atom. The molecule has 5 N–H and O–H groups in total. The molecule has 0 spiro atoms. The standard InChI is InChI=1S/C20H22ClN3O4/c21-15-3-1-2-4-16(15)22-20(28)13-24-9-7-23(8-10-24)12-19(27)14-5-6-17(25)18(26)11-14/h1-6,11,25-26H,7-10,12-13H2,(H,22,28)/p+2. The lowest BCUT2D eigenvalue weighted by Crippen LogP contribution is -3.28. The highest BCUT2D eigenvalue weighted by Crippen LogP contribution is 2.24. The molecule has 0 aliphatic carbocycles. The van der Waals surface area contributed by atoms with Crippen LogP contribution in [0.5, 0.6) is 11.5 Å². The number of anilines is 1. The van der Waals surface area contributed by atoms with Crippen molar-refractivity contribution in [2.45, 2.75) is 0 Å². The van der Waals surface area contributed by atoms with Crippen LogP contribution in [-0.2, 0) is 4.79 Å². The lowest BCUT2D eigenvalue weighted by atomic mass is 10.1. The van der Waals surface area contributed by atoms with Crippen LogP contribution < -0.4 is 15.1 Å². The summed E-state index contributed by atoms with van der Waals surface area (Å²) in [5, 5.41) is 22.2. The number of para-hydroxylation sites is 1. The Balaban J connectivity index is 1.45. The highest BCUT2D eigenvalue weighted by Gasteiger charge is 2.27. The van der Waals surface area contributed by atoms with Crippen molar-refractivity contribution in [2.24, 2.45) is 0 Å². The maximum absolute atomic E-state index is 12.4. The number of carbonyl (C=O) groups excluding carboxylic acids is 2. The molecular weight excluding hydrogens is 382 g/mol. The number of carbonyl (C=O) groups is 2. The molecule has 1 aliphatic heterocycles. The van der Waals surface area contributed by atoms with Gasteiger partial charge in [-0.05, 0) is 30.3 Å². The number of halogens is 1. The molecule has 3 rings (SSSR count). The van der Waals surface area contributed by atoms with Crippen molar-refractivity contribution in [3.8, 4) is 11.5 Å². The number of hydrogen-bond donors (Lipinski definition) is 5. The molecule has 0 radical (unpaired) electrons. The number of rotatable bonds is 6. The van der Waals surface area contributed by atoms with Gasteiger partial charge in [0, 0.05) is 5.56 Å². The van der Waals surface area contributed by atoms with Crippen LogP contribution in [0.15, 0.2) is 42.5 Å². The molecule has 0 atom stereocenters. The van der Waals surface area contributed by atoms with Gasteiger partial charge in [-0.2, -0.15) is 0 Å². The molecule has 1 aliphatic rings. The first-order valence-electron chi connectivity index (χ1n) is 9.19. The third-order valence-corrected chi connectivity index (χ3v) is 5.26. The topological polar surface area (TPSA) is 95.5 Å². The molecule has 1 heterocycles. The number of benzene rings is 2. The van der Waals surface area contributed by atoms with Crippen molar-refractivity contribution in [1.82, 2.24) is 0 Å². The van der Waals surface area contributed by atoms with Crippen molar-refractivity contribution in [2.75, 3.05) is 44.6 Å². The van der Waals surface area contributed by atoms with E-state index in [2.05, 4.69) is 5.32 Å². The lowest BCUT2D eigenvalue weighted by Gasteiger charge is -2.29. The molecule has 1 amide bonds. The van der Waals surface area contributed by atoms with Crippen molar-refractivity contribution in [1.29, 1.82) is 0 Å². The first-order chi connectivity index (χ1) is 13.4. The second-order valence-corrected chi connectivity index (χ2v) is 7.42. The smallest absolute Gasteiger partial charge is 0.279 e. The Bertz CT molecular complexity index is 866. The summed E-state index contributed by atoms with van der Waals surface area (Å²) >= 11 is 6.06. The monoisotopic (exact) mass is 405 g/mol. The number of aromatic hydroxyl groups is 2. The number of nitrogens with one attached hydrogen (secondary N) is 3. The van der Waals surface area contributed by atoms with Gasteiger partial charge in [0.2, 0.25) is 5.78 Å². The number of hydrogen-bond acceptors (Lipinski definition) is 4. The Morgan fingerprint density at radius 1 is 0.929 bits per heavy atom. The molecule has 0 aromatic heterocycles. The maximum atomic E-state index is 12.4. The van der Waals surface area contributed by atoms with E-state index in [1.807, 2.05) is 12.1 Å². The third-order valence-electron chi connectivity index (χ3n) is 4.93. The van der Waals surface area contributed by atoms with Crippen LogP contribution in [0.2, 0.25) is 5.02 Å². The lowest BCUT2D eigenvalue weighted by molar-refractivity contribution is -1.00. The van der Waals surface area contributed by atoms with Gasteiger partial charge in [0.25, 0.3) is 5.91 Å². The molecule has 0 saturated carbocycles. The highest BCUT2D eigenvalue weighted by atomic mass is 35.5. The Hall–Kier alpha value is -2.61. The van der Waals surface area contributed by atoms with E-state index in [-0.39, 0.29) is 23.2 Å². The van der Waals surface area contributed by atoms with Crippen molar-refractivity contribution >= 4 is 29.0 Å². The number of quaternary nitrogens is 2. The quantitative estimate of drug-likeness (QED) is 0.326. The van der Waals surface area contributed by atoms with Gasteiger partial charge in [0.15, 0.2) is 18.0 Å². The zero-order valence-electron chi connectivity index (χ0n) is 15.4. The molecule has 2 aromatic carbocycles. The fourth-order valence-electron chi connectivity index (χ4n) is 3.32. The van der Waals surface area contributed by atoms with Crippen molar-refractivity contribution < 1.29 is 29.6 Å². The summed E-state index contributed by atoms with van der Waals surface area (Å²) < 4.78 is 0. The van der Waals surface area contributed by atoms with Gasteiger partial charge in [-0.3, -0.25) is 9.59 Å². The van der Waals surface area contributed by atoms with E-state index in [1.54, 1.807) is 12.1 Å². The molecule has 148 valence electrons. The molecule has 2 aromatic rings. The first-order valence-corrected chi connectivity index (χ1v) is 9.57. The summed E-state index contributed by atoms with van der Waals surface area (Å²) in [7, 11) is 0. The first kappa shape index (κ1) is 20.1. The van der Waals surface area contributed by atoms with Gasteiger partial charge in [0.05, 0.1) is 10.7 Å². The minimum atomic E-state index is -0.292. The summed E-state index contributed by atoms with van der Waals surface area (Å²) in [4.78, 5) is 26.9. The van der Waals surface area contributed by atoms with Gasteiger partial charge in [0.1, 0.15) is 32.7 Å². The summed E-state index contributed by atoms with van der Waals surface area (Å²) in [6, 6.07) is 11.3. The third kappa shape index (κ3) is 5.22. The van der Waals surface area contributed by atoms with Crippen LogP contribution in [0.3, 0.4) is 0 Å². The number of amides is 1. The molecule has 1 saturated heterocycles. The van der Waals surface area contributed by atoms with Crippen LogP contribution in [0.4, 0.5) is 5.69 Å². The summed E-state index contributed by atoms with van der Waals surface area (Å²) in [6.45, 7) is 3.83. The van der Waals surface area contributed by atoms with Crippen molar-refractivity contribution in [3.63, 3.8) is 0 Å². The average molecular weight is 406 g/mol. The van der Waals surface area contributed by atoms with E-state index in [0.29, 0.717) is 29.4 Å². The number of phenols is 2. The van der Waals surface area contributed by atoms with Crippen LogP contribution in [0, 0.1) is 0 Å². The molecule has 0 bridgehead atoms. The van der Waals surface area contributed by atoms with E-state index in [9.17, 15) is 19.8 Å². The van der Waals surface area contributed by atoms with Crippen LogP contribution in [0.25, 0.3) is 0 Å². The van der Waals surface area contributed by atoms with E-state index < -0.39 is 0 Å². The fraction of sp³-hybridized carbons (Fsp3) is 0.300. The summed E-state index contributed by atoms with van der Waals surface area (Å²) in [6.07, 6.45) is 0. The summed E-state index contributed by atoms with van der Waals surface area (Å²) in [5.74, 6) is -0.691. The number of phenolic OH excluding ortho intramolecular Hbond substituents is 2.